The Bertz CT molecular complexity index is 510. The van der Waals surface area contributed by atoms with Gasteiger partial charge in [-0.25, -0.2) is 9.97 Å². The van der Waals surface area contributed by atoms with Crippen LogP contribution in [0.3, 0.4) is 0 Å². The zero-order chi connectivity index (χ0) is 15.0. The fraction of sp³-hybridized carbons (Fsp3) is 0.765. The lowest BCUT2D eigenvalue weighted by molar-refractivity contribution is 0.252. The van der Waals surface area contributed by atoms with E-state index in [2.05, 4.69) is 36.4 Å². The van der Waals surface area contributed by atoms with E-state index in [1.54, 1.807) is 0 Å². The van der Waals surface area contributed by atoms with Gasteiger partial charge in [0.15, 0.2) is 0 Å². The first-order valence-corrected chi connectivity index (χ1v) is 8.43. The average molecular weight is 288 g/mol. The molecule has 4 nitrogen and oxygen atoms in total. The van der Waals surface area contributed by atoms with Crippen LogP contribution in [0.2, 0.25) is 0 Å². The first-order valence-electron chi connectivity index (χ1n) is 8.43. The van der Waals surface area contributed by atoms with E-state index >= 15 is 0 Å². The third-order valence-electron chi connectivity index (χ3n) is 5.37. The van der Waals surface area contributed by atoms with Crippen molar-refractivity contribution in [2.75, 3.05) is 17.7 Å². The molecule has 4 heteroatoms. The van der Waals surface area contributed by atoms with Crippen LogP contribution in [0.25, 0.3) is 0 Å². The maximum atomic E-state index is 4.83. The molecule has 2 saturated carbocycles. The Morgan fingerprint density at radius 1 is 1.00 bits per heavy atom. The summed E-state index contributed by atoms with van der Waals surface area (Å²) in [6, 6.07) is 0.541. The molecule has 2 N–H and O–H groups in total. The molecule has 2 aliphatic carbocycles. The molecule has 1 heterocycles. The minimum Gasteiger partial charge on any atom is -0.373 e. The van der Waals surface area contributed by atoms with Gasteiger partial charge in [-0.15, -0.1) is 0 Å². The molecule has 0 aliphatic heterocycles. The molecule has 0 aromatic carbocycles. The molecule has 0 radical (unpaired) electrons. The van der Waals surface area contributed by atoms with Gasteiger partial charge in [-0.3, -0.25) is 0 Å². The second-order valence-corrected chi connectivity index (χ2v) is 6.95. The molecule has 0 saturated heterocycles. The van der Waals surface area contributed by atoms with E-state index in [1.807, 2.05) is 7.05 Å². The molecule has 0 amide bonds. The maximum Gasteiger partial charge on any atom is 0.136 e. The number of rotatable bonds is 4. The first kappa shape index (κ1) is 14.6. The number of aromatic nitrogens is 2. The van der Waals surface area contributed by atoms with Crippen LogP contribution in [-0.2, 0) is 0 Å². The van der Waals surface area contributed by atoms with Crippen LogP contribution in [-0.4, -0.2) is 23.1 Å². The van der Waals surface area contributed by atoms with Crippen LogP contribution < -0.4 is 10.6 Å². The third kappa shape index (κ3) is 2.99. The quantitative estimate of drug-likeness (QED) is 0.881. The van der Waals surface area contributed by atoms with Gasteiger partial charge in [0, 0.05) is 24.6 Å². The highest BCUT2D eigenvalue weighted by molar-refractivity contribution is 5.57. The number of hydrogen-bond donors (Lipinski definition) is 2. The minimum atomic E-state index is 0.541. The first-order chi connectivity index (χ1) is 10.1. The molecule has 0 bridgehead atoms. The van der Waals surface area contributed by atoms with E-state index in [-0.39, 0.29) is 0 Å². The Labute approximate surface area is 128 Å². The van der Waals surface area contributed by atoms with E-state index < -0.39 is 0 Å². The van der Waals surface area contributed by atoms with Crippen molar-refractivity contribution in [2.24, 2.45) is 11.8 Å². The largest absolute Gasteiger partial charge is 0.373 e. The average Bonchev–Trinajstić information content (AvgIpc) is 3.30. The van der Waals surface area contributed by atoms with Gasteiger partial charge in [0.2, 0.25) is 0 Å². The van der Waals surface area contributed by atoms with Crippen LogP contribution in [0, 0.1) is 18.8 Å². The number of anilines is 2. The van der Waals surface area contributed by atoms with Crippen LogP contribution in [0.15, 0.2) is 0 Å². The Hall–Kier alpha value is -1.32. The summed E-state index contributed by atoms with van der Waals surface area (Å²) >= 11 is 0. The van der Waals surface area contributed by atoms with Crippen molar-refractivity contribution in [1.29, 1.82) is 0 Å². The van der Waals surface area contributed by atoms with Gasteiger partial charge in [-0.2, -0.15) is 0 Å². The van der Waals surface area contributed by atoms with E-state index in [9.17, 15) is 0 Å². The molecule has 21 heavy (non-hydrogen) atoms. The Morgan fingerprint density at radius 2 is 1.71 bits per heavy atom. The summed E-state index contributed by atoms with van der Waals surface area (Å²) in [6.45, 7) is 6.86. The summed E-state index contributed by atoms with van der Waals surface area (Å²) in [5.41, 5.74) is 1.15. The standard InChI is InChI=1S/C17H28N4/c1-10-6-5-7-14(11(10)2)19-16-12(3)15(18-4)20-17(21-16)13-8-9-13/h10-11,13-14H,5-9H2,1-4H3,(H2,18,19,20,21). The highest BCUT2D eigenvalue weighted by Crippen LogP contribution is 2.40. The maximum absolute atomic E-state index is 4.83. The summed E-state index contributed by atoms with van der Waals surface area (Å²) in [7, 11) is 1.95. The lowest BCUT2D eigenvalue weighted by Crippen LogP contribution is -2.35. The fourth-order valence-electron chi connectivity index (χ4n) is 3.40. The molecule has 1 aromatic rings. The third-order valence-corrected chi connectivity index (χ3v) is 5.37. The highest BCUT2D eigenvalue weighted by atomic mass is 15.1. The summed E-state index contributed by atoms with van der Waals surface area (Å²) < 4.78 is 0. The SMILES string of the molecule is CNc1nc(C2CC2)nc(NC2CCCC(C)C2C)c1C. The predicted molar refractivity (Wildman–Crippen MR) is 87.9 cm³/mol. The van der Waals surface area contributed by atoms with Crippen LogP contribution >= 0.6 is 0 Å². The zero-order valence-electron chi connectivity index (χ0n) is 13.7. The summed E-state index contributed by atoms with van der Waals surface area (Å²) in [6.07, 6.45) is 6.41. The second kappa shape index (κ2) is 5.82. The fourth-order valence-corrected chi connectivity index (χ4v) is 3.40. The molecular weight excluding hydrogens is 260 g/mol. The van der Waals surface area contributed by atoms with Crippen molar-refractivity contribution in [3.8, 4) is 0 Å². The van der Waals surface area contributed by atoms with E-state index in [4.69, 9.17) is 4.98 Å². The van der Waals surface area contributed by atoms with E-state index in [0.717, 1.165) is 28.9 Å². The normalized spacial score (nSPS) is 29.2. The summed E-state index contributed by atoms with van der Waals surface area (Å²) in [4.78, 5) is 9.51. The Balaban J connectivity index is 1.85. The number of nitrogens with one attached hydrogen (secondary N) is 2. The molecule has 116 valence electrons. The lowest BCUT2D eigenvalue weighted by Gasteiger charge is -2.35. The monoisotopic (exact) mass is 288 g/mol. The molecule has 1 aromatic heterocycles. The molecule has 2 fully saturated rings. The number of nitrogens with zero attached hydrogens (tertiary/aromatic N) is 2. The van der Waals surface area contributed by atoms with Gasteiger partial charge in [0.25, 0.3) is 0 Å². The van der Waals surface area contributed by atoms with Crippen LogP contribution in [0.1, 0.15) is 63.3 Å². The van der Waals surface area contributed by atoms with Crippen molar-refractivity contribution in [2.45, 2.75) is 64.8 Å². The molecule has 0 spiro atoms. The van der Waals surface area contributed by atoms with E-state index in [1.165, 1.54) is 32.1 Å². The van der Waals surface area contributed by atoms with Gasteiger partial charge in [-0.05, 0) is 38.0 Å². The Morgan fingerprint density at radius 3 is 2.38 bits per heavy atom. The van der Waals surface area contributed by atoms with Crippen molar-refractivity contribution < 1.29 is 0 Å². The molecule has 3 atom stereocenters. The zero-order valence-corrected chi connectivity index (χ0v) is 13.7. The van der Waals surface area contributed by atoms with Crippen molar-refractivity contribution in [1.82, 2.24) is 9.97 Å². The smallest absolute Gasteiger partial charge is 0.136 e. The minimum absolute atomic E-state index is 0.541. The van der Waals surface area contributed by atoms with Gasteiger partial charge >= 0.3 is 0 Å². The molecule has 2 aliphatic rings. The van der Waals surface area contributed by atoms with Crippen LogP contribution in [0.5, 0.6) is 0 Å². The van der Waals surface area contributed by atoms with Gasteiger partial charge in [0.1, 0.15) is 17.5 Å². The second-order valence-electron chi connectivity index (χ2n) is 6.95. The van der Waals surface area contributed by atoms with Gasteiger partial charge in [-0.1, -0.05) is 26.7 Å². The molecular formula is C17H28N4. The Kier molecular flexibility index (Phi) is 4.05. The van der Waals surface area contributed by atoms with E-state index in [0.29, 0.717) is 17.9 Å². The topological polar surface area (TPSA) is 49.8 Å². The summed E-state index contributed by atoms with van der Waals surface area (Å²) in [5.74, 6) is 5.12. The van der Waals surface area contributed by atoms with Gasteiger partial charge in [0.05, 0.1) is 0 Å². The van der Waals surface area contributed by atoms with Gasteiger partial charge < -0.3 is 10.6 Å². The van der Waals surface area contributed by atoms with Crippen molar-refractivity contribution in [3.05, 3.63) is 11.4 Å². The van der Waals surface area contributed by atoms with Crippen LogP contribution in [0.4, 0.5) is 11.6 Å². The lowest BCUT2D eigenvalue weighted by atomic mass is 9.78. The van der Waals surface area contributed by atoms with Crippen molar-refractivity contribution >= 4 is 11.6 Å². The molecule has 3 unspecified atom stereocenters. The predicted octanol–water partition coefficient (Wildman–Crippen LogP) is 3.94. The summed E-state index contributed by atoms with van der Waals surface area (Å²) in [5, 5.41) is 6.96. The molecule has 3 rings (SSSR count). The number of hydrogen-bond acceptors (Lipinski definition) is 4. The highest BCUT2D eigenvalue weighted by Gasteiger charge is 2.30. The van der Waals surface area contributed by atoms with Crippen molar-refractivity contribution in [3.63, 3.8) is 0 Å².